The van der Waals surface area contributed by atoms with E-state index in [0.29, 0.717) is 0 Å². The molecule has 0 bridgehead atoms. The van der Waals surface area contributed by atoms with Crippen LogP contribution in [0.4, 0.5) is 4.79 Å². The summed E-state index contributed by atoms with van der Waals surface area (Å²) in [5.74, 6) is -0.304. The highest BCUT2D eigenvalue weighted by molar-refractivity contribution is 6.04. The third-order valence-corrected chi connectivity index (χ3v) is 13.0. The lowest BCUT2D eigenvalue weighted by Gasteiger charge is -2.70. The number of carboxylic acid groups (broad SMARTS) is 1. The van der Waals surface area contributed by atoms with Crippen molar-refractivity contribution in [1.82, 2.24) is 4.90 Å². The van der Waals surface area contributed by atoms with Crippen molar-refractivity contribution in [2.45, 2.75) is 119 Å². The van der Waals surface area contributed by atoms with Crippen LogP contribution < -0.4 is 0 Å². The van der Waals surface area contributed by atoms with Crippen molar-refractivity contribution in [1.29, 1.82) is 5.26 Å². The number of amides is 1. The van der Waals surface area contributed by atoms with E-state index in [2.05, 4.69) is 40.7 Å². The molecule has 5 aliphatic rings. The number of carbonyl (C=O) groups is 3. The lowest BCUT2D eigenvalue weighted by molar-refractivity contribution is -0.176. The van der Waals surface area contributed by atoms with Gasteiger partial charge in [0.1, 0.15) is 6.07 Å². The van der Waals surface area contributed by atoms with Crippen molar-refractivity contribution in [2.75, 3.05) is 0 Å². The molecule has 0 heterocycles. The summed E-state index contributed by atoms with van der Waals surface area (Å²) in [7, 11) is 0. The molecule has 1 N–H and O–H groups in total. The molecular weight excluding hydrogens is 500 g/mol. The maximum absolute atomic E-state index is 14.6. The molecule has 0 aromatic carbocycles. The number of Topliss-reactive ketones (excluding diaryl/α,β-unsaturated/α-hetero) is 1. The van der Waals surface area contributed by atoms with E-state index < -0.39 is 22.5 Å². The van der Waals surface area contributed by atoms with Crippen LogP contribution in [-0.4, -0.2) is 39.2 Å². The van der Waals surface area contributed by atoms with Crippen molar-refractivity contribution < 1.29 is 19.5 Å². The van der Waals surface area contributed by atoms with E-state index in [9.17, 15) is 24.8 Å². The molecule has 0 unspecified atom stereocenters. The number of ketones is 2. The average Bonchev–Trinajstić information content (AvgIpc) is 2.83. The van der Waals surface area contributed by atoms with E-state index in [0.717, 1.165) is 50.5 Å². The Hall–Kier alpha value is -2.42. The fourth-order valence-corrected chi connectivity index (χ4v) is 11.0. The first-order valence-corrected chi connectivity index (χ1v) is 15.3. The van der Waals surface area contributed by atoms with Crippen LogP contribution in [0.2, 0.25) is 0 Å². The normalized spacial score (nSPS) is 43.3. The Morgan fingerprint density at radius 3 is 2.23 bits per heavy atom. The van der Waals surface area contributed by atoms with Crippen molar-refractivity contribution in [3.05, 3.63) is 23.3 Å². The van der Waals surface area contributed by atoms with Gasteiger partial charge in [-0.05, 0) is 93.0 Å². The summed E-state index contributed by atoms with van der Waals surface area (Å²) in [4.78, 5) is 42.4. The molecule has 40 heavy (non-hydrogen) atoms. The van der Waals surface area contributed by atoms with E-state index in [1.54, 1.807) is 4.90 Å². The second-order valence-corrected chi connectivity index (χ2v) is 16.1. The van der Waals surface area contributed by atoms with Crippen LogP contribution >= 0.6 is 0 Å². The molecule has 6 heteroatoms. The Morgan fingerprint density at radius 2 is 1.65 bits per heavy atom. The van der Waals surface area contributed by atoms with Gasteiger partial charge in [-0.1, -0.05) is 60.1 Å². The minimum Gasteiger partial charge on any atom is -0.465 e. The molecule has 3 fully saturated rings. The number of hydrogen-bond acceptors (Lipinski definition) is 4. The Balaban J connectivity index is 1.71. The van der Waals surface area contributed by atoms with Crippen molar-refractivity contribution in [2.24, 2.45) is 44.8 Å². The predicted molar refractivity (Wildman–Crippen MR) is 154 cm³/mol. The Kier molecular flexibility index (Phi) is 6.22. The van der Waals surface area contributed by atoms with Gasteiger partial charge in [-0.25, -0.2) is 4.79 Å². The number of hydrogen-bond donors (Lipinski definition) is 1. The highest BCUT2D eigenvalue weighted by atomic mass is 16.4. The smallest absolute Gasteiger partial charge is 0.408 e. The topological polar surface area (TPSA) is 98.5 Å². The first-order chi connectivity index (χ1) is 18.3. The number of carbonyl (C=O) groups excluding carboxylic acids is 2. The summed E-state index contributed by atoms with van der Waals surface area (Å²) in [6.07, 6.45) is 8.71. The van der Waals surface area contributed by atoms with E-state index >= 15 is 0 Å². The minimum atomic E-state index is -0.884. The molecule has 5 rings (SSSR count). The van der Waals surface area contributed by atoms with E-state index in [4.69, 9.17) is 0 Å². The highest BCUT2D eigenvalue weighted by Gasteiger charge is 2.71. The standard InChI is InChI=1S/C34H48N2O4/c1-20(2)36(28(39)40)34-14-12-29(3,4)18-22(34)26-23(37)16-25-31(7)17-21(19-35)27(38)30(5,6)24(31)10-11-32(25,8)33(26,9)13-15-34/h16-17,20,22,24,26H,10-15,18H2,1-9H3,(H,39,40)/t22-,24+,26+,31+,32-,33-,34+/m1/s1. The number of nitrogens with zero attached hydrogens (tertiary/aromatic N) is 2. The summed E-state index contributed by atoms with van der Waals surface area (Å²) < 4.78 is 0. The van der Waals surface area contributed by atoms with E-state index in [1.807, 2.05) is 39.8 Å². The van der Waals surface area contributed by atoms with E-state index in [-0.39, 0.29) is 57.2 Å². The average molecular weight is 549 g/mol. The molecular formula is C34H48N2O4. The number of nitriles is 1. The van der Waals surface area contributed by atoms with Gasteiger partial charge in [0, 0.05) is 22.8 Å². The van der Waals surface area contributed by atoms with Crippen molar-refractivity contribution in [3.63, 3.8) is 0 Å². The molecule has 0 radical (unpaired) electrons. The zero-order chi connectivity index (χ0) is 29.8. The first kappa shape index (κ1) is 29.1. The molecule has 5 aliphatic carbocycles. The van der Waals surface area contributed by atoms with Crippen LogP contribution in [0.25, 0.3) is 0 Å². The Labute approximate surface area is 240 Å². The Bertz CT molecular complexity index is 1280. The lowest BCUT2D eigenvalue weighted by Crippen LogP contribution is -2.71. The molecule has 3 saturated carbocycles. The van der Waals surface area contributed by atoms with Gasteiger partial charge in [0.15, 0.2) is 11.6 Å². The zero-order valence-electron chi connectivity index (χ0n) is 26.0. The fourth-order valence-electron chi connectivity index (χ4n) is 11.0. The van der Waals surface area contributed by atoms with Crippen LogP contribution in [0.3, 0.4) is 0 Å². The van der Waals surface area contributed by atoms with Crippen LogP contribution in [-0.2, 0) is 9.59 Å². The monoisotopic (exact) mass is 548 g/mol. The molecule has 7 atom stereocenters. The molecule has 0 aromatic heterocycles. The quantitative estimate of drug-likeness (QED) is 0.389. The largest absolute Gasteiger partial charge is 0.465 e. The van der Waals surface area contributed by atoms with Crippen LogP contribution in [0.5, 0.6) is 0 Å². The summed E-state index contributed by atoms with van der Waals surface area (Å²) in [5.41, 5.74) is -1.14. The molecule has 0 aromatic rings. The van der Waals surface area contributed by atoms with Crippen LogP contribution in [0.1, 0.15) is 107 Å². The minimum absolute atomic E-state index is 0.0108. The summed E-state index contributed by atoms with van der Waals surface area (Å²) in [6.45, 7) is 19.1. The fraction of sp³-hybridized carbons (Fsp3) is 0.765. The highest BCUT2D eigenvalue weighted by Crippen LogP contribution is 2.74. The number of rotatable bonds is 2. The summed E-state index contributed by atoms with van der Waals surface area (Å²) in [5, 5.41) is 20.4. The third-order valence-electron chi connectivity index (χ3n) is 13.0. The predicted octanol–water partition coefficient (Wildman–Crippen LogP) is 7.35. The lowest BCUT2D eigenvalue weighted by atomic mass is 9.35. The van der Waals surface area contributed by atoms with Gasteiger partial charge in [0.05, 0.1) is 11.1 Å². The number of fused-ring (bicyclic) bond motifs is 7. The second kappa shape index (κ2) is 8.55. The van der Waals surface area contributed by atoms with Crippen LogP contribution in [0, 0.1) is 56.2 Å². The van der Waals surface area contributed by atoms with Gasteiger partial charge in [-0.2, -0.15) is 5.26 Å². The van der Waals surface area contributed by atoms with Gasteiger partial charge in [0.25, 0.3) is 0 Å². The molecule has 1 amide bonds. The van der Waals surface area contributed by atoms with Gasteiger partial charge in [-0.15, -0.1) is 0 Å². The molecule has 0 aliphatic heterocycles. The maximum Gasteiger partial charge on any atom is 0.408 e. The first-order valence-electron chi connectivity index (χ1n) is 15.3. The third kappa shape index (κ3) is 3.48. The molecule has 0 saturated heterocycles. The SMILES string of the molecule is CC(C)N(C(=O)O)[C@]12CCC(C)(C)C[C@@H]1[C@H]1C(=O)C=C3[C@@]4(C)C=C(C#N)C(=O)C(C)(C)[C@@H]4CC[C@@]3(C)[C@]1(C)CC2. The van der Waals surface area contributed by atoms with Gasteiger partial charge >= 0.3 is 6.09 Å². The van der Waals surface area contributed by atoms with Crippen molar-refractivity contribution >= 4 is 17.7 Å². The van der Waals surface area contributed by atoms with Gasteiger partial charge < -0.3 is 5.11 Å². The summed E-state index contributed by atoms with van der Waals surface area (Å²) in [6, 6.07) is 2.01. The molecule has 218 valence electrons. The van der Waals surface area contributed by atoms with Gasteiger partial charge in [-0.3, -0.25) is 14.5 Å². The Morgan fingerprint density at radius 1 is 1.02 bits per heavy atom. The number of allylic oxidation sites excluding steroid dienone is 4. The summed E-state index contributed by atoms with van der Waals surface area (Å²) >= 11 is 0. The maximum atomic E-state index is 14.6. The van der Waals surface area contributed by atoms with Crippen molar-refractivity contribution in [3.8, 4) is 6.07 Å². The molecule has 6 nitrogen and oxygen atoms in total. The van der Waals surface area contributed by atoms with Gasteiger partial charge in [0.2, 0.25) is 0 Å². The van der Waals surface area contributed by atoms with E-state index in [1.165, 1.54) is 0 Å². The van der Waals surface area contributed by atoms with Crippen LogP contribution in [0.15, 0.2) is 23.3 Å². The second-order valence-electron chi connectivity index (χ2n) is 16.1. The zero-order valence-corrected chi connectivity index (χ0v) is 26.0. The molecule has 0 spiro atoms.